The summed E-state index contributed by atoms with van der Waals surface area (Å²) in [6.45, 7) is 3.15. The number of fused-ring (bicyclic) bond motifs is 1. The Bertz CT molecular complexity index is 1070. The maximum absolute atomic E-state index is 13.2. The van der Waals surface area contributed by atoms with Crippen LogP contribution >= 0.6 is 0 Å². The Kier molecular flexibility index (Phi) is 6.46. The lowest BCUT2D eigenvalue weighted by Gasteiger charge is -2.23. The molecule has 31 heavy (non-hydrogen) atoms. The van der Waals surface area contributed by atoms with Crippen LogP contribution in [0.2, 0.25) is 0 Å². The van der Waals surface area contributed by atoms with E-state index in [2.05, 4.69) is 10.2 Å². The number of anilines is 1. The van der Waals surface area contributed by atoms with Gasteiger partial charge in [-0.2, -0.15) is 0 Å². The first-order valence-corrected chi connectivity index (χ1v) is 10.7. The van der Waals surface area contributed by atoms with Crippen molar-refractivity contribution in [2.75, 3.05) is 37.6 Å². The summed E-state index contributed by atoms with van der Waals surface area (Å²) in [5.74, 6) is -0.377. The molecule has 1 fully saturated rings. The van der Waals surface area contributed by atoms with Crippen molar-refractivity contribution in [1.82, 2.24) is 10.2 Å². The fraction of sp³-hybridized carbons (Fsp3) is 0.280. The molecule has 0 bridgehead atoms. The largest absolute Gasteiger partial charge is 0.370 e. The molecule has 0 aromatic heterocycles. The maximum atomic E-state index is 13.2. The Morgan fingerprint density at radius 3 is 2.45 bits per heavy atom. The monoisotopic (exact) mass is 419 g/mol. The predicted molar refractivity (Wildman–Crippen MR) is 121 cm³/mol. The highest BCUT2D eigenvalue weighted by Crippen LogP contribution is 2.18. The quantitative estimate of drug-likeness (QED) is 0.684. The zero-order valence-electron chi connectivity index (χ0n) is 17.4. The van der Waals surface area contributed by atoms with Crippen LogP contribution in [0.4, 0.5) is 10.1 Å². The van der Waals surface area contributed by atoms with Gasteiger partial charge in [0, 0.05) is 50.4 Å². The number of carbonyl (C=O) groups is 2. The van der Waals surface area contributed by atoms with Crippen molar-refractivity contribution in [3.8, 4) is 0 Å². The highest BCUT2D eigenvalue weighted by atomic mass is 19.1. The minimum absolute atomic E-state index is 0.0415. The van der Waals surface area contributed by atoms with Crippen LogP contribution in [0.15, 0.2) is 66.7 Å². The summed E-state index contributed by atoms with van der Waals surface area (Å²) in [6, 6.07) is 20.0. The third-order valence-corrected chi connectivity index (χ3v) is 5.68. The summed E-state index contributed by atoms with van der Waals surface area (Å²) in [6.07, 6.45) is 1.13. The van der Waals surface area contributed by atoms with Gasteiger partial charge >= 0.3 is 0 Å². The molecule has 6 heteroatoms. The Morgan fingerprint density at radius 2 is 1.65 bits per heavy atom. The molecule has 0 spiro atoms. The van der Waals surface area contributed by atoms with E-state index in [1.165, 1.54) is 12.1 Å². The standard InChI is InChI=1S/C25H26FN3O2/c26-22-8-10-23(11-9-22)28-14-3-15-29(17-16-28)24(30)12-13-27-25(31)21-7-6-19-4-1-2-5-20(19)18-21/h1-2,4-11,18H,3,12-17H2,(H,27,31). The van der Waals surface area contributed by atoms with Gasteiger partial charge in [-0.25, -0.2) is 4.39 Å². The molecular weight excluding hydrogens is 393 g/mol. The summed E-state index contributed by atoms with van der Waals surface area (Å²) in [5, 5.41) is 4.96. The smallest absolute Gasteiger partial charge is 0.251 e. The first-order chi connectivity index (χ1) is 15.1. The number of hydrogen-bond acceptors (Lipinski definition) is 3. The Morgan fingerprint density at radius 1 is 0.871 bits per heavy atom. The van der Waals surface area contributed by atoms with Gasteiger partial charge in [0.1, 0.15) is 5.82 Å². The average Bonchev–Trinajstić information content (AvgIpc) is 3.05. The average molecular weight is 420 g/mol. The first kappa shape index (κ1) is 20.8. The minimum atomic E-state index is -0.249. The normalized spacial score (nSPS) is 14.4. The van der Waals surface area contributed by atoms with Crippen LogP contribution in [0.3, 0.4) is 0 Å². The van der Waals surface area contributed by atoms with Crippen molar-refractivity contribution < 1.29 is 14.0 Å². The van der Waals surface area contributed by atoms with E-state index in [4.69, 9.17) is 0 Å². The summed E-state index contributed by atoms with van der Waals surface area (Å²) < 4.78 is 13.2. The lowest BCUT2D eigenvalue weighted by molar-refractivity contribution is -0.130. The molecule has 0 unspecified atom stereocenters. The van der Waals surface area contributed by atoms with Gasteiger partial charge in [0.15, 0.2) is 0 Å². The van der Waals surface area contributed by atoms with Gasteiger partial charge < -0.3 is 15.1 Å². The number of amides is 2. The molecule has 1 aliphatic heterocycles. The van der Waals surface area contributed by atoms with E-state index in [9.17, 15) is 14.0 Å². The summed E-state index contributed by atoms with van der Waals surface area (Å²) in [7, 11) is 0. The van der Waals surface area contributed by atoms with E-state index >= 15 is 0 Å². The number of nitrogens with zero attached hydrogens (tertiary/aromatic N) is 2. The van der Waals surface area contributed by atoms with Gasteiger partial charge in [0.2, 0.25) is 5.91 Å². The van der Waals surface area contributed by atoms with E-state index < -0.39 is 0 Å². The van der Waals surface area contributed by atoms with E-state index in [1.54, 1.807) is 18.2 Å². The molecule has 0 saturated carbocycles. The fourth-order valence-corrected chi connectivity index (χ4v) is 3.95. The Labute approximate surface area is 181 Å². The zero-order chi connectivity index (χ0) is 21.6. The van der Waals surface area contributed by atoms with Gasteiger partial charge in [0.25, 0.3) is 5.91 Å². The van der Waals surface area contributed by atoms with Gasteiger partial charge in [-0.3, -0.25) is 9.59 Å². The molecule has 0 aliphatic carbocycles. The molecule has 1 saturated heterocycles. The number of benzene rings is 3. The van der Waals surface area contributed by atoms with Crippen molar-refractivity contribution in [2.45, 2.75) is 12.8 Å². The molecule has 5 nitrogen and oxygen atoms in total. The summed E-state index contributed by atoms with van der Waals surface area (Å²) in [5.41, 5.74) is 1.56. The van der Waals surface area contributed by atoms with Crippen LogP contribution in [-0.4, -0.2) is 49.4 Å². The van der Waals surface area contributed by atoms with Crippen molar-refractivity contribution >= 4 is 28.3 Å². The highest BCUT2D eigenvalue weighted by molar-refractivity contribution is 5.98. The molecule has 0 radical (unpaired) electrons. The van der Waals surface area contributed by atoms with Gasteiger partial charge in [-0.1, -0.05) is 30.3 Å². The van der Waals surface area contributed by atoms with Crippen LogP contribution in [0, 0.1) is 5.82 Å². The van der Waals surface area contributed by atoms with Crippen LogP contribution < -0.4 is 10.2 Å². The third-order valence-electron chi connectivity index (χ3n) is 5.68. The number of nitrogens with one attached hydrogen (secondary N) is 1. The molecule has 0 atom stereocenters. The third kappa shape index (κ3) is 5.20. The van der Waals surface area contributed by atoms with Gasteiger partial charge in [-0.15, -0.1) is 0 Å². The van der Waals surface area contributed by atoms with Crippen molar-refractivity contribution in [3.05, 3.63) is 78.1 Å². The van der Waals surface area contributed by atoms with Crippen molar-refractivity contribution in [1.29, 1.82) is 0 Å². The highest BCUT2D eigenvalue weighted by Gasteiger charge is 2.19. The lowest BCUT2D eigenvalue weighted by atomic mass is 10.1. The zero-order valence-corrected chi connectivity index (χ0v) is 17.4. The number of hydrogen-bond donors (Lipinski definition) is 1. The lowest BCUT2D eigenvalue weighted by Crippen LogP contribution is -2.37. The molecular formula is C25H26FN3O2. The van der Waals surface area contributed by atoms with Crippen molar-refractivity contribution in [3.63, 3.8) is 0 Å². The molecule has 1 aliphatic rings. The number of halogens is 1. The van der Waals surface area contributed by atoms with E-state index in [0.29, 0.717) is 31.7 Å². The number of rotatable bonds is 5. The fourth-order valence-electron chi connectivity index (χ4n) is 3.95. The van der Waals surface area contributed by atoms with Crippen LogP contribution in [0.25, 0.3) is 10.8 Å². The Hall–Kier alpha value is -3.41. The second kappa shape index (κ2) is 9.60. The second-order valence-corrected chi connectivity index (χ2v) is 7.77. The van der Waals surface area contributed by atoms with Crippen LogP contribution in [0.5, 0.6) is 0 Å². The molecule has 3 aromatic rings. The van der Waals surface area contributed by atoms with Crippen LogP contribution in [-0.2, 0) is 4.79 Å². The van der Waals surface area contributed by atoms with Crippen molar-refractivity contribution in [2.24, 2.45) is 0 Å². The topological polar surface area (TPSA) is 52.7 Å². The molecule has 2 amide bonds. The molecule has 3 aromatic carbocycles. The van der Waals surface area contributed by atoms with Gasteiger partial charge in [-0.05, 0) is 53.6 Å². The summed E-state index contributed by atoms with van der Waals surface area (Å²) >= 11 is 0. The van der Waals surface area contributed by atoms with Crippen LogP contribution in [0.1, 0.15) is 23.2 Å². The molecule has 160 valence electrons. The maximum Gasteiger partial charge on any atom is 0.251 e. The summed E-state index contributed by atoms with van der Waals surface area (Å²) in [4.78, 5) is 29.1. The second-order valence-electron chi connectivity index (χ2n) is 7.77. The SMILES string of the molecule is O=C(NCCC(=O)N1CCCN(c2ccc(F)cc2)CC1)c1ccc2ccccc2c1. The number of carbonyl (C=O) groups excluding carboxylic acids is 2. The van der Waals surface area contributed by atoms with E-state index in [0.717, 1.165) is 29.4 Å². The van der Waals surface area contributed by atoms with Gasteiger partial charge in [0.05, 0.1) is 0 Å². The first-order valence-electron chi connectivity index (χ1n) is 10.7. The Balaban J connectivity index is 1.26. The molecule has 1 heterocycles. The van der Waals surface area contributed by atoms with E-state index in [-0.39, 0.29) is 24.1 Å². The van der Waals surface area contributed by atoms with E-state index in [1.807, 2.05) is 41.3 Å². The molecule has 1 N–H and O–H groups in total. The minimum Gasteiger partial charge on any atom is -0.370 e. The predicted octanol–water partition coefficient (Wildman–Crippen LogP) is 3.84. The molecule has 4 rings (SSSR count).